The lowest BCUT2D eigenvalue weighted by Gasteiger charge is -2.00. The van der Waals surface area contributed by atoms with Crippen LogP contribution in [0.4, 0.5) is 5.82 Å². The number of rotatable bonds is 3. The lowest BCUT2D eigenvalue weighted by atomic mass is 10.2. The Kier molecular flexibility index (Phi) is 3.23. The fourth-order valence-corrected chi connectivity index (χ4v) is 2.14. The summed E-state index contributed by atoms with van der Waals surface area (Å²) in [4.78, 5) is 14.9. The van der Waals surface area contributed by atoms with Crippen molar-refractivity contribution in [2.24, 2.45) is 12.1 Å². The number of hydrogen-bond acceptors (Lipinski definition) is 5. The van der Waals surface area contributed by atoms with Crippen molar-refractivity contribution in [3.63, 3.8) is 0 Å². The highest BCUT2D eigenvalue weighted by Gasteiger charge is 2.04. The minimum Gasteiger partial charge on any atom is -0.350 e. The SMILES string of the molecule is Cc1n[nH]c(=O)nc1N/N=C/c1cn(C)c2ccccc12. The van der Waals surface area contributed by atoms with E-state index in [9.17, 15) is 4.79 Å². The number of aromatic amines is 1. The van der Waals surface area contributed by atoms with Crippen LogP contribution in [0.3, 0.4) is 0 Å². The second kappa shape index (κ2) is 5.20. The average molecular weight is 282 g/mol. The Bertz CT molecular complexity index is 877. The lowest BCUT2D eigenvalue weighted by Crippen LogP contribution is -2.15. The van der Waals surface area contributed by atoms with Crippen molar-refractivity contribution in [3.05, 3.63) is 52.2 Å². The molecule has 0 spiro atoms. The van der Waals surface area contributed by atoms with Gasteiger partial charge in [-0.25, -0.2) is 9.89 Å². The summed E-state index contributed by atoms with van der Waals surface area (Å²) in [5, 5.41) is 11.3. The zero-order valence-electron chi connectivity index (χ0n) is 11.7. The maximum Gasteiger partial charge on any atom is 0.363 e. The molecule has 21 heavy (non-hydrogen) atoms. The molecular formula is C14H14N6O. The molecule has 2 aromatic heterocycles. The van der Waals surface area contributed by atoms with Gasteiger partial charge in [0.1, 0.15) is 5.69 Å². The summed E-state index contributed by atoms with van der Waals surface area (Å²) in [5.74, 6) is 0.343. The van der Waals surface area contributed by atoms with Crippen LogP contribution in [0.5, 0.6) is 0 Å². The minimum atomic E-state index is -0.511. The molecule has 0 radical (unpaired) electrons. The van der Waals surface area contributed by atoms with Crippen molar-refractivity contribution in [2.45, 2.75) is 6.92 Å². The molecule has 7 nitrogen and oxygen atoms in total. The highest BCUT2D eigenvalue weighted by atomic mass is 16.1. The van der Waals surface area contributed by atoms with Crippen molar-refractivity contribution >= 4 is 22.9 Å². The fourth-order valence-electron chi connectivity index (χ4n) is 2.14. The Morgan fingerprint density at radius 2 is 2.19 bits per heavy atom. The first-order valence-corrected chi connectivity index (χ1v) is 6.41. The molecule has 1 aromatic carbocycles. The molecule has 3 rings (SSSR count). The van der Waals surface area contributed by atoms with E-state index >= 15 is 0 Å². The van der Waals surface area contributed by atoms with Gasteiger partial charge < -0.3 is 4.57 Å². The zero-order chi connectivity index (χ0) is 14.8. The van der Waals surface area contributed by atoms with E-state index in [1.807, 2.05) is 42.1 Å². The standard InChI is InChI=1S/C14H14N6O/c1-9-13(16-14(21)19-17-9)18-15-7-10-8-20(2)12-6-4-3-5-11(10)12/h3-8H,1-2H3,(H2,16,18,19,21)/b15-7+. The molecule has 2 heterocycles. The smallest absolute Gasteiger partial charge is 0.350 e. The van der Waals surface area contributed by atoms with Gasteiger partial charge in [0.15, 0.2) is 5.82 Å². The number of anilines is 1. The van der Waals surface area contributed by atoms with Gasteiger partial charge >= 0.3 is 5.69 Å². The molecule has 0 unspecified atom stereocenters. The third kappa shape index (κ3) is 2.53. The molecule has 2 N–H and O–H groups in total. The maximum absolute atomic E-state index is 11.1. The van der Waals surface area contributed by atoms with Gasteiger partial charge in [0.25, 0.3) is 0 Å². The van der Waals surface area contributed by atoms with E-state index in [0.717, 1.165) is 16.5 Å². The molecule has 0 amide bonds. The summed E-state index contributed by atoms with van der Waals surface area (Å²) in [5.41, 5.74) is 4.92. The first kappa shape index (κ1) is 13.0. The van der Waals surface area contributed by atoms with Crippen LogP contribution in [-0.2, 0) is 7.05 Å². The number of fused-ring (bicyclic) bond motifs is 1. The van der Waals surface area contributed by atoms with Gasteiger partial charge in [-0.05, 0) is 13.0 Å². The Morgan fingerprint density at radius 1 is 1.38 bits per heavy atom. The molecule has 0 aliphatic rings. The number of nitrogens with zero attached hydrogens (tertiary/aromatic N) is 4. The van der Waals surface area contributed by atoms with E-state index in [-0.39, 0.29) is 0 Å². The predicted molar refractivity (Wildman–Crippen MR) is 81.5 cm³/mol. The van der Waals surface area contributed by atoms with Gasteiger partial charge in [0.05, 0.1) is 6.21 Å². The second-order valence-corrected chi connectivity index (χ2v) is 4.66. The summed E-state index contributed by atoms with van der Waals surface area (Å²) < 4.78 is 2.04. The van der Waals surface area contributed by atoms with Crippen LogP contribution >= 0.6 is 0 Å². The largest absolute Gasteiger partial charge is 0.363 e. The number of aromatic nitrogens is 4. The Hall–Kier alpha value is -2.96. The molecule has 0 aliphatic heterocycles. The number of hydrazone groups is 1. The molecule has 0 saturated heterocycles. The van der Waals surface area contributed by atoms with Crippen LogP contribution < -0.4 is 11.1 Å². The van der Waals surface area contributed by atoms with Crippen LogP contribution in [-0.4, -0.2) is 26.0 Å². The molecular weight excluding hydrogens is 268 g/mol. The topological polar surface area (TPSA) is 88.0 Å². The first-order chi connectivity index (χ1) is 10.1. The number of H-pyrrole nitrogens is 1. The lowest BCUT2D eigenvalue weighted by molar-refractivity contribution is 0.879. The third-order valence-electron chi connectivity index (χ3n) is 3.18. The van der Waals surface area contributed by atoms with Gasteiger partial charge in [0, 0.05) is 29.7 Å². The van der Waals surface area contributed by atoms with Crippen molar-refractivity contribution < 1.29 is 0 Å². The molecule has 0 saturated carbocycles. The molecule has 0 aliphatic carbocycles. The summed E-state index contributed by atoms with van der Waals surface area (Å²) in [7, 11) is 1.99. The maximum atomic E-state index is 11.1. The second-order valence-electron chi connectivity index (χ2n) is 4.66. The zero-order valence-corrected chi connectivity index (χ0v) is 11.7. The quantitative estimate of drug-likeness (QED) is 0.561. The summed E-state index contributed by atoms with van der Waals surface area (Å²) in [6, 6.07) is 8.07. The summed E-state index contributed by atoms with van der Waals surface area (Å²) >= 11 is 0. The molecule has 0 bridgehead atoms. The molecule has 0 atom stereocenters. The normalized spacial score (nSPS) is 11.3. The molecule has 3 aromatic rings. The van der Waals surface area contributed by atoms with E-state index in [1.54, 1.807) is 13.1 Å². The Balaban J connectivity index is 1.88. The van der Waals surface area contributed by atoms with Crippen LogP contribution in [0.2, 0.25) is 0 Å². The van der Waals surface area contributed by atoms with Crippen molar-refractivity contribution in [1.82, 2.24) is 19.7 Å². The van der Waals surface area contributed by atoms with Crippen LogP contribution in [0.25, 0.3) is 10.9 Å². The van der Waals surface area contributed by atoms with Crippen molar-refractivity contribution in [1.29, 1.82) is 0 Å². The first-order valence-electron chi connectivity index (χ1n) is 6.41. The van der Waals surface area contributed by atoms with Gasteiger partial charge in [-0.15, -0.1) is 0 Å². The van der Waals surface area contributed by atoms with Gasteiger partial charge in [0.2, 0.25) is 0 Å². The fraction of sp³-hybridized carbons (Fsp3) is 0.143. The van der Waals surface area contributed by atoms with E-state index in [4.69, 9.17) is 0 Å². The van der Waals surface area contributed by atoms with E-state index in [2.05, 4.69) is 25.7 Å². The van der Waals surface area contributed by atoms with Gasteiger partial charge in [-0.2, -0.15) is 15.2 Å². The minimum absolute atomic E-state index is 0.343. The van der Waals surface area contributed by atoms with Crippen molar-refractivity contribution in [3.8, 4) is 0 Å². The van der Waals surface area contributed by atoms with E-state index in [0.29, 0.717) is 11.5 Å². The monoisotopic (exact) mass is 282 g/mol. The highest BCUT2D eigenvalue weighted by molar-refractivity contribution is 5.99. The van der Waals surface area contributed by atoms with E-state index in [1.165, 1.54) is 0 Å². The van der Waals surface area contributed by atoms with E-state index < -0.39 is 5.69 Å². The number of nitrogens with one attached hydrogen (secondary N) is 2. The Morgan fingerprint density at radius 3 is 3.05 bits per heavy atom. The average Bonchev–Trinajstić information content (AvgIpc) is 2.80. The van der Waals surface area contributed by atoms with Crippen molar-refractivity contribution in [2.75, 3.05) is 5.43 Å². The number of benzene rings is 1. The van der Waals surface area contributed by atoms with Crippen LogP contribution in [0.15, 0.2) is 40.4 Å². The van der Waals surface area contributed by atoms with Gasteiger partial charge in [-0.3, -0.25) is 5.43 Å². The predicted octanol–water partition coefficient (Wildman–Crippen LogP) is 1.41. The molecule has 7 heteroatoms. The van der Waals surface area contributed by atoms with Crippen LogP contribution in [0.1, 0.15) is 11.3 Å². The number of para-hydroxylation sites is 1. The summed E-state index contributed by atoms with van der Waals surface area (Å²) in [6.07, 6.45) is 3.69. The Labute approximate surface area is 120 Å². The molecule has 0 fully saturated rings. The molecule has 106 valence electrons. The number of aryl methyl sites for hydroxylation is 2. The third-order valence-corrected chi connectivity index (χ3v) is 3.18. The highest BCUT2D eigenvalue weighted by Crippen LogP contribution is 2.18. The summed E-state index contributed by atoms with van der Waals surface area (Å²) in [6.45, 7) is 1.73. The van der Waals surface area contributed by atoms with Crippen LogP contribution in [0, 0.1) is 6.92 Å². The number of hydrogen-bond donors (Lipinski definition) is 2. The van der Waals surface area contributed by atoms with Gasteiger partial charge in [-0.1, -0.05) is 18.2 Å².